The SMILES string of the molecule is CCC(NCc1nn[nH]n1)c1cccc(Cl)c1. The number of nitrogens with zero attached hydrogens (tertiary/aromatic N) is 3. The molecule has 2 aromatic rings. The Morgan fingerprint density at radius 3 is 3.00 bits per heavy atom. The summed E-state index contributed by atoms with van der Waals surface area (Å²) in [5.74, 6) is 0.658. The van der Waals surface area contributed by atoms with Crippen LogP contribution in [0.3, 0.4) is 0 Å². The molecule has 1 heterocycles. The van der Waals surface area contributed by atoms with Crippen LogP contribution in [-0.2, 0) is 6.54 Å². The molecule has 1 atom stereocenters. The molecular formula is C11H14ClN5. The molecule has 0 saturated carbocycles. The van der Waals surface area contributed by atoms with Crippen LogP contribution in [0.5, 0.6) is 0 Å². The topological polar surface area (TPSA) is 66.5 Å². The van der Waals surface area contributed by atoms with E-state index in [-0.39, 0.29) is 6.04 Å². The zero-order chi connectivity index (χ0) is 12.1. The van der Waals surface area contributed by atoms with Gasteiger partial charge in [0.05, 0.1) is 6.54 Å². The van der Waals surface area contributed by atoms with Crippen LogP contribution in [0.4, 0.5) is 0 Å². The molecule has 1 unspecified atom stereocenters. The second kappa shape index (κ2) is 5.75. The number of tetrazole rings is 1. The number of aromatic amines is 1. The molecule has 1 aromatic heterocycles. The van der Waals surface area contributed by atoms with Gasteiger partial charge in [0.25, 0.3) is 0 Å². The second-order valence-electron chi connectivity index (χ2n) is 3.72. The molecule has 2 rings (SSSR count). The highest BCUT2D eigenvalue weighted by Crippen LogP contribution is 2.20. The minimum absolute atomic E-state index is 0.243. The first-order chi connectivity index (χ1) is 8.29. The van der Waals surface area contributed by atoms with Gasteiger partial charge in [0.2, 0.25) is 0 Å². The lowest BCUT2D eigenvalue weighted by atomic mass is 10.0. The van der Waals surface area contributed by atoms with Crippen molar-refractivity contribution in [3.8, 4) is 0 Å². The number of rotatable bonds is 5. The van der Waals surface area contributed by atoms with E-state index in [9.17, 15) is 0 Å². The molecule has 0 saturated heterocycles. The van der Waals surface area contributed by atoms with Crippen LogP contribution >= 0.6 is 11.6 Å². The first kappa shape index (κ1) is 12.0. The third kappa shape index (κ3) is 3.25. The van der Waals surface area contributed by atoms with Crippen molar-refractivity contribution in [2.45, 2.75) is 25.9 Å². The smallest absolute Gasteiger partial charge is 0.188 e. The first-order valence-corrected chi connectivity index (χ1v) is 5.88. The summed E-state index contributed by atoms with van der Waals surface area (Å²) in [6, 6.07) is 8.10. The Kier molecular flexibility index (Phi) is 4.06. The molecule has 0 aliphatic heterocycles. The van der Waals surface area contributed by atoms with Crippen LogP contribution in [0.25, 0.3) is 0 Å². The Morgan fingerprint density at radius 1 is 1.47 bits per heavy atom. The van der Waals surface area contributed by atoms with Gasteiger partial charge in [-0.15, -0.1) is 10.2 Å². The minimum atomic E-state index is 0.243. The zero-order valence-electron chi connectivity index (χ0n) is 9.52. The van der Waals surface area contributed by atoms with E-state index in [0.717, 1.165) is 11.4 Å². The van der Waals surface area contributed by atoms with Gasteiger partial charge in [0.1, 0.15) is 0 Å². The molecule has 17 heavy (non-hydrogen) atoms. The molecule has 0 aliphatic carbocycles. The van der Waals surface area contributed by atoms with Crippen molar-refractivity contribution in [3.05, 3.63) is 40.7 Å². The molecule has 90 valence electrons. The van der Waals surface area contributed by atoms with E-state index in [1.807, 2.05) is 18.2 Å². The van der Waals surface area contributed by atoms with Crippen molar-refractivity contribution in [3.63, 3.8) is 0 Å². The lowest BCUT2D eigenvalue weighted by molar-refractivity contribution is 0.508. The summed E-state index contributed by atoms with van der Waals surface area (Å²) in [6.07, 6.45) is 0.970. The summed E-state index contributed by atoms with van der Waals surface area (Å²) in [5, 5.41) is 17.9. The maximum absolute atomic E-state index is 5.98. The Balaban J connectivity index is 2.01. The maximum Gasteiger partial charge on any atom is 0.188 e. The maximum atomic E-state index is 5.98. The Labute approximate surface area is 105 Å². The van der Waals surface area contributed by atoms with E-state index in [4.69, 9.17) is 11.6 Å². The monoisotopic (exact) mass is 251 g/mol. The highest BCUT2D eigenvalue weighted by molar-refractivity contribution is 6.30. The molecule has 0 radical (unpaired) electrons. The van der Waals surface area contributed by atoms with Crippen molar-refractivity contribution < 1.29 is 0 Å². The average Bonchev–Trinajstić information content (AvgIpc) is 2.83. The Morgan fingerprint density at radius 2 is 2.35 bits per heavy atom. The van der Waals surface area contributed by atoms with Gasteiger partial charge in [-0.25, -0.2) is 0 Å². The third-order valence-corrected chi connectivity index (χ3v) is 2.79. The molecule has 0 fully saturated rings. The van der Waals surface area contributed by atoms with Crippen molar-refractivity contribution in [1.29, 1.82) is 0 Å². The van der Waals surface area contributed by atoms with E-state index in [2.05, 4.69) is 38.9 Å². The van der Waals surface area contributed by atoms with Gasteiger partial charge in [0.15, 0.2) is 5.82 Å². The van der Waals surface area contributed by atoms with E-state index in [0.29, 0.717) is 12.4 Å². The van der Waals surface area contributed by atoms with Gasteiger partial charge in [-0.1, -0.05) is 35.9 Å². The number of H-pyrrole nitrogens is 1. The molecule has 5 nitrogen and oxygen atoms in total. The highest BCUT2D eigenvalue weighted by atomic mass is 35.5. The molecule has 1 aromatic carbocycles. The van der Waals surface area contributed by atoms with E-state index < -0.39 is 0 Å². The highest BCUT2D eigenvalue weighted by Gasteiger charge is 2.10. The normalized spacial score (nSPS) is 12.6. The van der Waals surface area contributed by atoms with E-state index >= 15 is 0 Å². The fourth-order valence-corrected chi connectivity index (χ4v) is 1.89. The molecule has 0 bridgehead atoms. The number of benzene rings is 1. The van der Waals surface area contributed by atoms with Crippen LogP contribution in [0.15, 0.2) is 24.3 Å². The molecule has 0 amide bonds. The number of hydrogen-bond acceptors (Lipinski definition) is 4. The predicted molar refractivity (Wildman–Crippen MR) is 65.5 cm³/mol. The van der Waals surface area contributed by atoms with Gasteiger partial charge in [-0.2, -0.15) is 5.21 Å². The predicted octanol–water partition coefficient (Wildman–Crippen LogP) is 2.09. The molecule has 0 spiro atoms. The van der Waals surface area contributed by atoms with Crippen LogP contribution in [0, 0.1) is 0 Å². The number of nitrogens with one attached hydrogen (secondary N) is 2. The lowest BCUT2D eigenvalue weighted by Gasteiger charge is -2.16. The van der Waals surface area contributed by atoms with Gasteiger partial charge >= 0.3 is 0 Å². The average molecular weight is 252 g/mol. The summed E-state index contributed by atoms with van der Waals surface area (Å²) in [5.41, 5.74) is 1.17. The van der Waals surface area contributed by atoms with Crippen molar-refractivity contribution in [1.82, 2.24) is 25.9 Å². The Hall–Kier alpha value is -1.46. The summed E-state index contributed by atoms with van der Waals surface area (Å²) in [4.78, 5) is 0. The summed E-state index contributed by atoms with van der Waals surface area (Å²) in [6.45, 7) is 2.70. The van der Waals surface area contributed by atoms with Crippen molar-refractivity contribution in [2.75, 3.05) is 0 Å². The quantitative estimate of drug-likeness (QED) is 0.854. The summed E-state index contributed by atoms with van der Waals surface area (Å²) >= 11 is 5.98. The lowest BCUT2D eigenvalue weighted by Crippen LogP contribution is -2.21. The molecule has 2 N–H and O–H groups in total. The molecular weight excluding hydrogens is 238 g/mol. The second-order valence-corrected chi connectivity index (χ2v) is 4.16. The number of aromatic nitrogens is 4. The summed E-state index contributed by atoms with van der Waals surface area (Å²) in [7, 11) is 0. The standard InChI is InChI=1S/C11H14ClN5/c1-2-10(8-4-3-5-9(12)6-8)13-7-11-14-16-17-15-11/h3-6,10,13H,2,7H2,1H3,(H,14,15,16,17). The first-order valence-electron chi connectivity index (χ1n) is 5.50. The van der Waals surface area contributed by atoms with Gasteiger partial charge in [-0.05, 0) is 24.1 Å². The van der Waals surface area contributed by atoms with Gasteiger partial charge in [0, 0.05) is 11.1 Å². The molecule has 0 aliphatic rings. The van der Waals surface area contributed by atoms with Crippen molar-refractivity contribution >= 4 is 11.6 Å². The Bertz CT molecular complexity index is 457. The minimum Gasteiger partial charge on any atom is -0.303 e. The van der Waals surface area contributed by atoms with Gasteiger partial charge < -0.3 is 5.32 Å². The van der Waals surface area contributed by atoms with Crippen LogP contribution < -0.4 is 5.32 Å². The van der Waals surface area contributed by atoms with E-state index in [1.165, 1.54) is 5.56 Å². The third-order valence-electron chi connectivity index (χ3n) is 2.56. The summed E-state index contributed by atoms with van der Waals surface area (Å²) < 4.78 is 0. The van der Waals surface area contributed by atoms with Crippen LogP contribution in [0.1, 0.15) is 30.8 Å². The van der Waals surface area contributed by atoms with Crippen LogP contribution in [0.2, 0.25) is 5.02 Å². The van der Waals surface area contributed by atoms with Gasteiger partial charge in [-0.3, -0.25) is 0 Å². The fourth-order valence-electron chi connectivity index (χ4n) is 1.69. The largest absolute Gasteiger partial charge is 0.303 e. The van der Waals surface area contributed by atoms with E-state index in [1.54, 1.807) is 0 Å². The fraction of sp³-hybridized carbons (Fsp3) is 0.364. The number of halogens is 1. The van der Waals surface area contributed by atoms with Crippen LogP contribution in [-0.4, -0.2) is 20.6 Å². The van der Waals surface area contributed by atoms with Crippen molar-refractivity contribution in [2.24, 2.45) is 0 Å². The molecule has 6 heteroatoms. The zero-order valence-corrected chi connectivity index (χ0v) is 10.3. The number of hydrogen-bond donors (Lipinski definition) is 2.